The summed E-state index contributed by atoms with van der Waals surface area (Å²) in [6, 6.07) is 23.4. The lowest BCUT2D eigenvalue weighted by molar-refractivity contribution is 0.552. The lowest BCUT2D eigenvalue weighted by Gasteiger charge is -2.25. The van der Waals surface area contributed by atoms with Crippen LogP contribution in [0.4, 0.5) is 0 Å². The van der Waals surface area contributed by atoms with Crippen LogP contribution >= 0.6 is 0 Å². The van der Waals surface area contributed by atoms with E-state index in [-0.39, 0.29) is 0 Å². The number of aryl methyl sites for hydroxylation is 1. The predicted octanol–water partition coefficient (Wildman–Crippen LogP) is 14.1. The zero-order chi connectivity index (χ0) is 45.3. The molecule has 320 valence electrons. The highest BCUT2D eigenvalue weighted by atomic mass is 16.3. The van der Waals surface area contributed by atoms with Crippen molar-refractivity contribution in [2.75, 3.05) is 0 Å². The number of rotatable bonds is 12. The number of allylic oxidation sites excluding steroid dienone is 14. The van der Waals surface area contributed by atoms with Gasteiger partial charge >= 0.3 is 0 Å². The highest BCUT2D eigenvalue weighted by Gasteiger charge is 2.20. The Morgan fingerprint density at radius 2 is 1.79 bits per heavy atom. The third-order valence-electron chi connectivity index (χ3n) is 11.0. The molecule has 2 aliphatic carbocycles. The highest BCUT2D eigenvalue weighted by Crippen LogP contribution is 2.33. The zero-order valence-corrected chi connectivity index (χ0v) is 38.8. The van der Waals surface area contributed by atoms with E-state index in [0.29, 0.717) is 0 Å². The Kier molecular flexibility index (Phi) is 17.3. The molecule has 0 radical (unpaired) electrons. The van der Waals surface area contributed by atoms with E-state index in [1.165, 1.54) is 27.8 Å². The van der Waals surface area contributed by atoms with Gasteiger partial charge in [-0.2, -0.15) is 0 Å². The molecule has 0 atom stereocenters. The molecule has 0 spiro atoms. The molecule has 0 aliphatic heterocycles. The van der Waals surface area contributed by atoms with Crippen molar-refractivity contribution in [3.05, 3.63) is 207 Å². The average molecular weight is 830 g/mol. The molecule has 4 heteroatoms. The van der Waals surface area contributed by atoms with Crippen LogP contribution in [0.2, 0.25) is 0 Å². The largest absolute Gasteiger partial charge is 0.461 e. The molecule has 5 aromatic rings. The number of terminal acetylenes is 1. The topological polar surface area (TPSA) is 34.2 Å². The Morgan fingerprint density at radius 3 is 2.49 bits per heavy atom. The van der Waals surface area contributed by atoms with Crippen molar-refractivity contribution in [1.29, 1.82) is 0 Å². The van der Waals surface area contributed by atoms with Gasteiger partial charge in [-0.05, 0) is 130 Å². The fourth-order valence-electron chi connectivity index (χ4n) is 7.99. The van der Waals surface area contributed by atoms with Gasteiger partial charge in [0.2, 0.25) is 0 Å². The zero-order valence-electron chi connectivity index (χ0n) is 38.8. The number of hydrogen-bond donors (Lipinski definition) is 0. The fraction of sp³-hybridized carbons (Fsp3) is 0.220. The van der Waals surface area contributed by atoms with E-state index in [1.54, 1.807) is 6.92 Å². The first-order valence-corrected chi connectivity index (χ1v) is 22.3. The van der Waals surface area contributed by atoms with Crippen LogP contribution in [0.3, 0.4) is 0 Å². The summed E-state index contributed by atoms with van der Waals surface area (Å²) in [4.78, 5) is 7.74. The third-order valence-corrected chi connectivity index (χ3v) is 11.0. The van der Waals surface area contributed by atoms with E-state index in [2.05, 4.69) is 215 Å². The van der Waals surface area contributed by atoms with Crippen LogP contribution in [0.1, 0.15) is 96.9 Å². The molecule has 2 aliphatic rings. The first kappa shape index (κ1) is 47.0. The van der Waals surface area contributed by atoms with Crippen LogP contribution in [0.15, 0.2) is 173 Å². The summed E-state index contributed by atoms with van der Waals surface area (Å²) >= 11 is 0. The van der Waals surface area contributed by atoms with Gasteiger partial charge in [0.1, 0.15) is 17.2 Å². The molecular formula is C59H63N3O. The van der Waals surface area contributed by atoms with Crippen LogP contribution in [-0.4, -0.2) is 14.5 Å². The minimum absolute atomic E-state index is 0.782. The maximum absolute atomic E-state index is 6.30. The number of furan rings is 1. The van der Waals surface area contributed by atoms with Gasteiger partial charge in [-0.1, -0.05) is 125 Å². The van der Waals surface area contributed by atoms with Crippen LogP contribution in [0.5, 0.6) is 0 Å². The smallest absolute Gasteiger partial charge is 0.138 e. The minimum Gasteiger partial charge on any atom is -0.461 e. The molecule has 7 rings (SSSR count). The average Bonchev–Trinajstić information content (AvgIpc) is 3.59. The second-order valence-electron chi connectivity index (χ2n) is 14.8. The highest BCUT2D eigenvalue weighted by molar-refractivity contribution is 5.87. The molecule has 3 aromatic heterocycles. The summed E-state index contributed by atoms with van der Waals surface area (Å²) in [6.07, 6.45) is 38.1. The normalized spacial score (nSPS) is 14.1. The molecule has 3 heterocycles. The number of nitrogens with zero attached hydrogens (tertiary/aromatic N) is 3. The molecule has 4 nitrogen and oxygen atoms in total. The second kappa shape index (κ2) is 23.2. The molecule has 2 aromatic carbocycles. The van der Waals surface area contributed by atoms with E-state index in [4.69, 9.17) is 9.40 Å². The summed E-state index contributed by atoms with van der Waals surface area (Å²) < 4.78 is 8.62. The maximum Gasteiger partial charge on any atom is 0.138 e. The lowest BCUT2D eigenvalue weighted by atomic mass is 10.00. The molecule has 0 N–H and O–H groups in total. The van der Waals surface area contributed by atoms with Crippen molar-refractivity contribution in [3.8, 4) is 29.4 Å². The number of benzene rings is 2. The Morgan fingerprint density at radius 1 is 1.02 bits per heavy atom. The van der Waals surface area contributed by atoms with Crippen LogP contribution in [0.25, 0.3) is 52.0 Å². The third kappa shape index (κ3) is 10.7. The Labute approximate surface area is 376 Å². The van der Waals surface area contributed by atoms with E-state index in [0.717, 1.165) is 92.7 Å². The Balaban J connectivity index is 0.00000143. The monoisotopic (exact) mass is 829 g/mol. The van der Waals surface area contributed by atoms with Crippen LogP contribution in [0, 0.1) is 12.3 Å². The Hall–Kier alpha value is -7.05. The first-order chi connectivity index (χ1) is 30.8. The van der Waals surface area contributed by atoms with Gasteiger partial charge in [0.15, 0.2) is 0 Å². The summed E-state index contributed by atoms with van der Waals surface area (Å²) in [6.45, 7) is 22.5. The molecule has 0 saturated heterocycles. The summed E-state index contributed by atoms with van der Waals surface area (Å²) in [7, 11) is 0. The number of pyridine rings is 1. The molecular weight excluding hydrogens is 767 g/mol. The van der Waals surface area contributed by atoms with E-state index in [1.807, 2.05) is 26.0 Å². The van der Waals surface area contributed by atoms with Gasteiger partial charge in [0.05, 0.1) is 22.4 Å². The molecule has 63 heavy (non-hydrogen) atoms. The Bertz CT molecular complexity index is 2880. The van der Waals surface area contributed by atoms with Crippen LogP contribution < -0.4 is 10.6 Å². The van der Waals surface area contributed by atoms with Gasteiger partial charge in [-0.15, -0.1) is 18.1 Å². The fourth-order valence-corrected chi connectivity index (χ4v) is 7.99. The lowest BCUT2D eigenvalue weighted by Crippen LogP contribution is -2.33. The molecule has 0 fully saturated rings. The maximum atomic E-state index is 6.30. The number of hydrogen-bond acceptors (Lipinski definition) is 3. The first-order valence-electron chi connectivity index (χ1n) is 22.3. The van der Waals surface area contributed by atoms with Crippen molar-refractivity contribution in [2.24, 2.45) is 0 Å². The van der Waals surface area contributed by atoms with Gasteiger partial charge < -0.3 is 9.32 Å². The van der Waals surface area contributed by atoms with Crippen molar-refractivity contribution in [3.63, 3.8) is 0 Å². The molecule has 0 unspecified atom stereocenters. The quantitative estimate of drug-likeness (QED) is 0.0544. The van der Waals surface area contributed by atoms with E-state index in [9.17, 15) is 0 Å². The van der Waals surface area contributed by atoms with E-state index >= 15 is 0 Å². The summed E-state index contributed by atoms with van der Waals surface area (Å²) in [5.41, 5.74) is 16.9. The minimum atomic E-state index is 0.782. The summed E-state index contributed by atoms with van der Waals surface area (Å²) in [5.74, 6) is 4.16. The SMILES string of the molecule is C#CC.C=C/C=C\C(CC)=C(/C)N(/C=c1\c2c(n(-c3cccc(-c4ccc5oc(CC)c(CC=CC)c5c4)n3)\c1=C\C)C=CC=CC2)C1=CC(c2ccccc2)=C(C)C=C=C1.CC. The van der Waals surface area contributed by atoms with Crippen molar-refractivity contribution < 1.29 is 4.42 Å². The second-order valence-corrected chi connectivity index (χ2v) is 14.8. The van der Waals surface area contributed by atoms with Crippen molar-refractivity contribution in [1.82, 2.24) is 14.5 Å². The number of fused-ring (bicyclic) bond motifs is 2. The number of aromatic nitrogens is 2. The van der Waals surface area contributed by atoms with E-state index < -0.39 is 0 Å². The standard InChI is InChI=1S/C54H53N3O.C3H4.C2H6/c1-8-13-24-40(10-3)39(7)56(43-27-21-23-38(6)46(36-43)41-25-17-15-18-26-41)37-48-44-29-19-16-20-31-51(44)57(50(48)11-4)54-32-22-30-49(55-54)42-33-34-53-47(35-42)45(28-14-9-2)52(12-5)58-53;1-3-2;1-2/h8-9,11,13-20,22-27,30-37H,1,10,12,28-29H2,2-7H3;1H,2H3;1-2H3/b14-9?,24-13-,40-39+,48-37+,50-11+;;. The summed E-state index contributed by atoms with van der Waals surface area (Å²) in [5, 5.41) is 3.38. The molecule has 0 bridgehead atoms. The van der Waals surface area contributed by atoms with Gasteiger partial charge in [-0.25, -0.2) is 4.98 Å². The van der Waals surface area contributed by atoms with Gasteiger partial charge in [0.25, 0.3) is 0 Å². The molecule has 0 saturated carbocycles. The van der Waals surface area contributed by atoms with Crippen LogP contribution in [-0.2, 0) is 19.3 Å². The van der Waals surface area contributed by atoms with Crippen molar-refractivity contribution >= 4 is 34.9 Å². The predicted molar refractivity (Wildman–Crippen MR) is 272 cm³/mol. The van der Waals surface area contributed by atoms with Gasteiger partial charge in [0, 0.05) is 46.1 Å². The molecule has 0 amide bonds. The van der Waals surface area contributed by atoms with Gasteiger partial charge in [-0.3, -0.25) is 4.57 Å². The van der Waals surface area contributed by atoms with Crippen molar-refractivity contribution in [2.45, 2.75) is 88.0 Å².